The van der Waals surface area contributed by atoms with Crippen molar-refractivity contribution in [3.63, 3.8) is 0 Å². The zero-order valence-corrected chi connectivity index (χ0v) is 9.90. The highest BCUT2D eigenvalue weighted by molar-refractivity contribution is 5.69. The Hall–Kier alpha value is -1.58. The molecule has 1 aromatic heterocycles. The zero-order chi connectivity index (χ0) is 12.1. The SMILES string of the molecule is CCC(C)OC(=O)Cn1cc(C)ccc1=O. The molecular weight excluding hydrogens is 206 g/mol. The van der Waals surface area contributed by atoms with Crippen LogP contribution in [-0.4, -0.2) is 16.6 Å². The standard InChI is InChI=1S/C12H17NO3/c1-4-10(3)16-12(15)8-13-7-9(2)5-6-11(13)14/h5-7,10H,4,8H2,1-3H3. The van der Waals surface area contributed by atoms with Crippen LogP contribution in [0, 0.1) is 6.92 Å². The van der Waals surface area contributed by atoms with Crippen LogP contribution in [0.3, 0.4) is 0 Å². The van der Waals surface area contributed by atoms with Crippen LogP contribution in [0.25, 0.3) is 0 Å². The lowest BCUT2D eigenvalue weighted by Crippen LogP contribution is -2.26. The van der Waals surface area contributed by atoms with Gasteiger partial charge in [-0.25, -0.2) is 0 Å². The minimum absolute atomic E-state index is 0.0230. The van der Waals surface area contributed by atoms with E-state index in [0.717, 1.165) is 12.0 Å². The van der Waals surface area contributed by atoms with E-state index in [4.69, 9.17) is 4.74 Å². The third-order valence-electron chi connectivity index (χ3n) is 2.34. The fourth-order valence-electron chi connectivity index (χ4n) is 1.26. The van der Waals surface area contributed by atoms with Gasteiger partial charge in [0.1, 0.15) is 6.54 Å². The molecule has 1 heterocycles. The van der Waals surface area contributed by atoms with E-state index >= 15 is 0 Å². The Morgan fingerprint density at radius 1 is 1.50 bits per heavy atom. The van der Waals surface area contributed by atoms with Gasteiger partial charge in [0, 0.05) is 12.3 Å². The molecule has 0 spiro atoms. The van der Waals surface area contributed by atoms with Crippen molar-refractivity contribution in [1.29, 1.82) is 0 Å². The third kappa shape index (κ3) is 3.53. The van der Waals surface area contributed by atoms with Gasteiger partial charge in [0.05, 0.1) is 6.10 Å². The van der Waals surface area contributed by atoms with Crippen molar-refractivity contribution in [3.05, 3.63) is 34.2 Å². The Kier molecular flexibility index (Phi) is 4.28. The summed E-state index contributed by atoms with van der Waals surface area (Å²) in [6.45, 7) is 5.62. The monoisotopic (exact) mass is 223 g/mol. The van der Waals surface area contributed by atoms with Crippen molar-refractivity contribution in [3.8, 4) is 0 Å². The summed E-state index contributed by atoms with van der Waals surface area (Å²) in [6, 6.07) is 3.17. The van der Waals surface area contributed by atoms with Crippen molar-refractivity contribution in [2.24, 2.45) is 0 Å². The number of carbonyl (C=O) groups is 1. The highest BCUT2D eigenvalue weighted by Crippen LogP contribution is 1.98. The molecule has 4 heteroatoms. The molecule has 0 fully saturated rings. The van der Waals surface area contributed by atoms with Crippen LogP contribution in [0.5, 0.6) is 0 Å². The number of carbonyl (C=O) groups excluding carboxylic acids is 1. The smallest absolute Gasteiger partial charge is 0.326 e. The van der Waals surface area contributed by atoms with Crippen LogP contribution < -0.4 is 5.56 Å². The zero-order valence-electron chi connectivity index (χ0n) is 9.90. The van der Waals surface area contributed by atoms with Crippen molar-refractivity contribution in [2.45, 2.75) is 39.8 Å². The highest BCUT2D eigenvalue weighted by Gasteiger charge is 2.09. The minimum Gasteiger partial charge on any atom is -0.461 e. The molecular formula is C12H17NO3. The van der Waals surface area contributed by atoms with Gasteiger partial charge < -0.3 is 9.30 Å². The topological polar surface area (TPSA) is 48.3 Å². The first kappa shape index (κ1) is 12.5. The van der Waals surface area contributed by atoms with Gasteiger partial charge in [0.2, 0.25) is 0 Å². The van der Waals surface area contributed by atoms with Crippen LogP contribution in [-0.2, 0) is 16.1 Å². The highest BCUT2D eigenvalue weighted by atomic mass is 16.5. The summed E-state index contributed by atoms with van der Waals surface area (Å²) in [7, 11) is 0. The number of esters is 1. The lowest BCUT2D eigenvalue weighted by molar-refractivity contribution is -0.149. The Morgan fingerprint density at radius 2 is 2.19 bits per heavy atom. The van der Waals surface area contributed by atoms with E-state index in [1.54, 1.807) is 12.3 Å². The van der Waals surface area contributed by atoms with Gasteiger partial charge in [0.15, 0.2) is 0 Å². The van der Waals surface area contributed by atoms with Crippen LogP contribution in [0.1, 0.15) is 25.8 Å². The average Bonchev–Trinajstić information content (AvgIpc) is 2.23. The van der Waals surface area contributed by atoms with Crippen molar-refractivity contribution < 1.29 is 9.53 Å². The predicted octanol–water partition coefficient (Wildman–Crippen LogP) is 1.50. The molecule has 16 heavy (non-hydrogen) atoms. The first-order valence-corrected chi connectivity index (χ1v) is 5.39. The lowest BCUT2D eigenvalue weighted by Gasteiger charge is -2.11. The molecule has 0 aliphatic carbocycles. The van der Waals surface area contributed by atoms with Crippen molar-refractivity contribution >= 4 is 5.97 Å². The maximum atomic E-state index is 11.5. The normalized spacial score (nSPS) is 12.2. The van der Waals surface area contributed by atoms with Gasteiger partial charge in [0.25, 0.3) is 5.56 Å². The molecule has 0 saturated carbocycles. The number of nitrogens with zero attached hydrogens (tertiary/aromatic N) is 1. The van der Waals surface area contributed by atoms with Crippen molar-refractivity contribution in [2.75, 3.05) is 0 Å². The molecule has 4 nitrogen and oxygen atoms in total. The first-order chi connectivity index (χ1) is 7.52. The van der Waals surface area contributed by atoms with Gasteiger partial charge in [-0.1, -0.05) is 13.0 Å². The molecule has 1 atom stereocenters. The number of ether oxygens (including phenoxy) is 1. The lowest BCUT2D eigenvalue weighted by atomic mass is 10.3. The van der Waals surface area contributed by atoms with E-state index in [1.807, 2.05) is 20.8 Å². The van der Waals surface area contributed by atoms with E-state index in [2.05, 4.69) is 0 Å². The fourth-order valence-corrected chi connectivity index (χ4v) is 1.26. The quantitative estimate of drug-likeness (QED) is 0.727. The van der Waals surface area contributed by atoms with Crippen molar-refractivity contribution in [1.82, 2.24) is 4.57 Å². The van der Waals surface area contributed by atoms with Gasteiger partial charge in [-0.15, -0.1) is 0 Å². The molecule has 0 aromatic carbocycles. The molecule has 0 aliphatic rings. The Bertz CT molecular complexity index is 423. The average molecular weight is 223 g/mol. The summed E-state index contributed by atoms with van der Waals surface area (Å²) in [5.41, 5.74) is 0.752. The van der Waals surface area contributed by atoms with Crippen LogP contribution >= 0.6 is 0 Å². The number of hydrogen-bond donors (Lipinski definition) is 0. The summed E-state index contributed by atoms with van der Waals surface area (Å²) in [4.78, 5) is 22.9. The molecule has 0 bridgehead atoms. The summed E-state index contributed by atoms with van der Waals surface area (Å²) >= 11 is 0. The van der Waals surface area contributed by atoms with Crippen LogP contribution in [0.15, 0.2) is 23.1 Å². The maximum Gasteiger partial charge on any atom is 0.326 e. The second-order valence-electron chi connectivity index (χ2n) is 3.88. The number of pyridine rings is 1. The molecule has 88 valence electrons. The van der Waals surface area contributed by atoms with Gasteiger partial charge in [-0.2, -0.15) is 0 Å². The molecule has 1 aromatic rings. The molecule has 1 rings (SSSR count). The van der Waals surface area contributed by atoms with Gasteiger partial charge in [-0.05, 0) is 25.8 Å². The number of rotatable bonds is 4. The predicted molar refractivity (Wildman–Crippen MR) is 61.3 cm³/mol. The van der Waals surface area contributed by atoms with E-state index in [0.29, 0.717) is 0 Å². The molecule has 1 unspecified atom stereocenters. The van der Waals surface area contributed by atoms with Gasteiger partial charge in [-0.3, -0.25) is 9.59 Å². The number of aryl methyl sites for hydroxylation is 1. The third-order valence-corrected chi connectivity index (χ3v) is 2.34. The molecule has 0 aliphatic heterocycles. The number of aromatic nitrogens is 1. The van der Waals surface area contributed by atoms with E-state index < -0.39 is 0 Å². The maximum absolute atomic E-state index is 11.5. The second-order valence-corrected chi connectivity index (χ2v) is 3.88. The Labute approximate surface area is 94.9 Å². The molecule has 0 amide bonds. The summed E-state index contributed by atoms with van der Waals surface area (Å²) in [5.74, 6) is -0.373. The molecule has 0 saturated heterocycles. The molecule has 0 radical (unpaired) electrons. The van der Waals surface area contributed by atoms with E-state index in [9.17, 15) is 9.59 Å². The second kappa shape index (κ2) is 5.49. The number of hydrogen-bond acceptors (Lipinski definition) is 3. The summed E-state index contributed by atoms with van der Waals surface area (Å²) < 4.78 is 6.46. The summed E-state index contributed by atoms with van der Waals surface area (Å²) in [6.07, 6.45) is 2.32. The molecule has 0 N–H and O–H groups in total. The van der Waals surface area contributed by atoms with Gasteiger partial charge >= 0.3 is 5.97 Å². The Balaban J connectivity index is 2.69. The van der Waals surface area contributed by atoms with E-state index in [-0.39, 0.29) is 24.2 Å². The Morgan fingerprint density at radius 3 is 2.81 bits per heavy atom. The largest absolute Gasteiger partial charge is 0.461 e. The van der Waals surface area contributed by atoms with E-state index in [1.165, 1.54) is 10.6 Å². The van der Waals surface area contributed by atoms with Crippen LogP contribution in [0.2, 0.25) is 0 Å². The fraction of sp³-hybridized carbons (Fsp3) is 0.500. The minimum atomic E-state index is -0.373. The first-order valence-electron chi connectivity index (χ1n) is 5.39. The summed E-state index contributed by atoms with van der Waals surface area (Å²) in [5, 5.41) is 0. The van der Waals surface area contributed by atoms with Crippen LogP contribution in [0.4, 0.5) is 0 Å².